The van der Waals surface area contributed by atoms with Crippen LogP contribution in [-0.2, 0) is 11.0 Å². The molecule has 5 heteroatoms. The fourth-order valence-corrected chi connectivity index (χ4v) is 1.80. The van der Waals surface area contributed by atoms with Gasteiger partial charge in [-0.1, -0.05) is 0 Å². The number of aryl methyl sites for hydroxylation is 1. The Morgan fingerprint density at radius 1 is 1.47 bits per heavy atom. The van der Waals surface area contributed by atoms with E-state index in [1.54, 1.807) is 13.0 Å². The monoisotopic (exact) mass is 225 g/mol. The van der Waals surface area contributed by atoms with Gasteiger partial charge in [0.2, 0.25) is 0 Å². The standard InChI is InChI=1S/C10H15NO3Si/c1-8-6-9(7-14-15(2)3)4-5-10(8)11(12)13/h4-6,15H,7H2,1-3H3. The van der Waals surface area contributed by atoms with Gasteiger partial charge >= 0.3 is 0 Å². The quantitative estimate of drug-likeness (QED) is 0.449. The van der Waals surface area contributed by atoms with E-state index >= 15 is 0 Å². The molecule has 0 bridgehead atoms. The molecular formula is C10H15NO3Si. The summed E-state index contributed by atoms with van der Waals surface area (Å²) in [5.41, 5.74) is 1.85. The number of nitrogens with zero attached hydrogens (tertiary/aromatic N) is 1. The molecule has 15 heavy (non-hydrogen) atoms. The SMILES string of the molecule is Cc1cc(CO[SiH](C)C)ccc1[N+](=O)[O-]. The van der Waals surface area contributed by atoms with Crippen LogP contribution in [0.25, 0.3) is 0 Å². The number of nitro benzene ring substituents is 1. The first-order valence-corrected chi connectivity index (χ1v) is 7.64. The van der Waals surface area contributed by atoms with Crippen LogP contribution in [0.3, 0.4) is 0 Å². The summed E-state index contributed by atoms with van der Waals surface area (Å²) in [6.45, 7) is 6.49. The molecule has 0 N–H and O–H groups in total. The normalized spacial score (nSPS) is 10.7. The average molecular weight is 225 g/mol. The molecule has 0 heterocycles. The Labute approximate surface area is 90.8 Å². The van der Waals surface area contributed by atoms with E-state index in [2.05, 4.69) is 13.1 Å². The smallest absolute Gasteiger partial charge is 0.272 e. The first-order chi connectivity index (χ1) is 7.00. The molecule has 0 saturated carbocycles. The minimum Gasteiger partial charge on any atom is -0.416 e. The second-order valence-electron chi connectivity index (χ2n) is 3.74. The van der Waals surface area contributed by atoms with E-state index in [9.17, 15) is 10.1 Å². The van der Waals surface area contributed by atoms with Gasteiger partial charge < -0.3 is 4.43 Å². The van der Waals surface area contributed by atoms with Gasteiger partial charge in [0.15, 0.2) is 9.04 Å². The van der Waals surface area contributed by atoms with Crippen LogP contribution in [0.15, 0.2) is 18.2 Å². The third-order valence-corrected chi connectivity index (χ3v) is 2.87. The van der Waals surface area contributed by atoms with Crippen LogP contribution in [0, 0.1) is 17.0 Å². The van der Waals surface area contributed by atoms with Crippen molar-refractivity contribution in [2.45, 2.75) is 26.6 Å². The van der Waals surface area contributed by atoms with Crippen LogP contribution in [0.2, 0.25) is 13.1 Å². The number of benzene rings is 1. The summed E-state index contributed by atoms with van der Waals surface area (Å²) < 4.78 is 5.55. The lowest BCUT2D eigenvalue weighted by Gasteiger charge is -2.07. The van der Waals surface area contributed by atoms with E-state index in [1.807, 2.05) is 6.07 Å². The van der Waals surface area contributed by atoms with Crippen LogP contribution in [0.4, 0.5) is 5.69 Å². The van der Waals surface area contributed by atoms with Gasteiger partial charge in [0, 0.05) is 11.6 Å². The zero-order valence-electron chi connectivity index (χ0n) is 9.19. The van der Waals surface area contributed by atoms with Gasteiger partial charge in [-0.15, -0.1) is 0 Å². The van der Waals surface area contributed by atoms with E-state index in [0.29, 0.717) is 12.2 Å². The number of nitro groups is 1. The van der Waals surface area contributed by atoms with Crippen molar-refractivity contribution in [1.29, 1.82) is 0 Å². The summed E-state index contributed by atoms with van der Waals surface area (Å²) in [6, 6.07) is 5.10. The molecule has 0 saturated heterocycles. The van der Waals surface area contributed by atoms with Crippen molar-refractivity contribution in [2.24, 2.45) is 0 Å². The Balaban J connectivity index is 2.78. The fourth-order valence-electron chi connectivity index (χ4n) is 1.28. The van der Waals surface area contributed by atoms with Crippen LogP contribution < -0.4 is 0 Å². The lowest BCUT2D eigenvalue weighted by molar-refractivity contribution is -0.385. The number of hydrogen-bond donors (Lipinski definition) is 0. The molecule has 4 nitrogen and oxygen atoms in total. The van der Waals surface area contributed by atoms with Gasteiger partial charge in [0.1, 0.15) is 0 Å². The van der Waals surface area contributed by atoms with Crippen molar-refractivity contribution in [3.05, 3.63) is 39.4 Å². The topological polar surface area (TPSA) is 52.4 Å². The van der Waals surface area contributed by atoms with Crippen molar-refractivity contribution < 1.29 is 9.35 Å². The highest BCUT2D eigenvalue weighted by Gasteiger charge is 2.10. The Morgan fingerprint density at radius 3 is 2.60 bits per heavy atom. The van der Waals surface area contributed by atoms with Crippen molar-refractivity contribution in [3.8, 4) is 0 Å². The van der Waals surface area contributed by atoms with Gasteiger partial charge in [-0.05, 0) is 37.7 Å². The van der Waals surface area contributed by atoms with Crippen molar-refractivity contribution in [1.82, 2.24) is 0 Å². The summed E-state index contributed by atoms with van der Waals surface area (Å²) in [7, 11) is -1.02. The molecule has 0 aliphatic heterocycles. The Hall–Kier alpha value is -1.20. The Morgan fingerprint density at radius 2 is 2.13 bits per heavy atom. The summed E-state index contributed by atoms with van der Waals surface area (Å²) in [6.07, 6.45) is 0. The lowest BCUT2D eigenvalue weighted by atomic mass is 10.1. The molecule has 0 fully saturated rings. The number of rotatable bonds is 4. The maximum atomic E-state index is 10.6. The summed E-state index contributed by atoms with van der Waals surface area (Å²) in [5, 5.41) is 10.6. The molecule has 0 radical (unpaired) electrons. The summed E-state index contributed by atoms with van der Waals surface area (Å²) >= 11 is 0. The Kier molecular flexibility index (Phi) is 3.99. The Bertz CT molecular complexity index is 366. The molecule has 1 rings (SSSR count). The first-order valence-electron chi connectivity index (χ1n) is 4.86. The highest BCUT2D eigenvalue weighted by Crippen LogP contribution is 2.19. The molecule has 1 aromatic carbocycles. The van der Waals surface area contributed by atoms with E-state index in [1.165, 1.54) is 6.07 Å². The maximum Gasteiger partial charge on any atom is 0.272 e. The summed E-state index contributed by atoms with van der Waals surface area (Å²) in [5.74, 6) is 0. The zero-order chi connectivity index (χ0) is 11.4. The molecule has 0 aromatic heterocycles. The van der Waals surface area contributed by atoms with E-state index in [-0.39, 0.29) is 10.6 Å². The first kappa shape index (κ1) is 11.9. The molecule has 1 aromatic rings. The van der Waals surface area contributed by atoms with Gasteiger partial charge in [0.05, 0.1) is 11.5 Å². The van der Waals surface area contributed by atoms with Crippen LogP contribution in [-0.4, -0.2) is 14.0 Å². The van der Waals surface area contributed by atoms with Gasteiger partial charge in [-0.3, -0.25) is 10.1 Å². The lowest BCUT2D eigenvalue weighted by Crippen LogP contribution is -2.07. The largest absolute Gasteiger partial charge is 0.416 e. The predicted octanol–water partition coefficient (Wildman–Crippen LogP) is 2.40. The third kappa shape index (κ3) is 3.45. The van der Waals surface area contributed by atoms with Gasteiger partial charge in [-0.2, -0.15) is 0 Å². The number of hydrogen-bond acceptors (Lipinski definition) is 3. The van der Waals surface area contributed by atoms with Gasteiger partial charge in [-0.25, -0.2) is 0 Å². The minimum absolute atomic E-state index is 0.167. The maximum absolute atomic E-state index is 10.6. The highest BCUT2D eigenvalue weighted by molar-refractivity contribution is 6.48. The molecule has 0 atom stereocenters. The van der Waals surface area contributed by atoms with E-state index in [4.69, 9.17) is 4.43 Å². The second-order valence-corrected chi connectivity index (χ2v) is 6.17. The second kappa shape index (κ2) is 5.04. The van der Waals surface area contributed by atoms with Crippen LogP contribution >= 0.6 is 0 Å². The summed E-state index contributed by atoms with van der Waals surface area (Å²) in [4.78, 5) is 10.2. The predicted molar refractivity (Wildman–Crippen MR) is 61.5 cm³/mol. The fraction of sp³-hybridized carbons (Fsp3) is 0.400. The van der Waals surface area contributed by atoms with E-state index in [0.717, 1.165) is 5.56 Å². The average Bonchev–Trinajstić information content (AvgIpc) is 2.14. The minimum atomic E-state index is -1.02. The molecule has 82 valence electrons. The van der Waals surface area contributed by atoms with Crippen LogP contribution in [0.5, 0.6) is 0 Å². The third-order valence-electron chi connectivity index (χ3n) is 2.04. The molecule has 0 aliphatic carbocycles. The van der Waals surface area contributed by atoms with E-state index < -0.39 is 9.04 Å². The van der Waals surface area contributed by atoms with Crippen molar-refractivity contribution in [2.75, 3.05) is 0 Å². The molecule has 0 amide bonds. The van der Waals surface area contributed by atoms with Gasteiger partial charge in [0.25, 0.3) is 5.69 Å². The highest BCUT2D eigenvalue weighted by atomic mass is 28.3. The zero-order valence-corrected chi connectivity index (χ0v) is 10.3. The van der Waals surface area contributed by atoms with Crippen molar-refractivity contribution >= 4 is 14.7 Å². The molecule has 0 aliphatic rings. The van der Waals surface area contributed by atoms with Crippen molar-refractivity contribution in [3.63, 3.8) is 0 Å². The molecule has 0 spiro atoms. The molecule has 0 unspecified atom stereocenters. The molecular weight excluding hydrogens is 210 g/mol. The van der Waals surface area contributed by atoms with Crippen LogP contribution in [0.1, 0.15) is 11.1 Å².